The topological polar surface area (TPSA) is 29.7 Å². The van der Waals surface area contributed by atoms with Gasteiger partial charge in [0.1, 0.15) is 0 Å². The maximum Gasteiger partial charge on any atom is 0.211 e. The first-order valence-corrected chi connectivity index (χ1v) is 9.26. The highest BCUT2D eigenvalue weighted by Gasteiger charge is 2.27. The number of halogens is 2. The second-order valence-electron chi connectivity index (χ2n) is 6.05. The average molecular weight is 393 g/mol. The fraction of sp³-hybridized carbons (Fsp3) is 0.0455. The minimum absolute atomic E-state index is 0.141. The van der Waals surface area contributed by atoms with Crippen molar-refractivity contribution in [1.29, 1.82) is 0 Å². The van der Waals surface area contributed by atoms with Crippen molar-refractivity contribution in [2.75, 3.05) is 0 Å². The molecule has 0 aliphatic carbocycles. The standard InChI is InChI=1S/C22H16Cl2N3/c23-19-8-3-1-6-17(19)21(18-7-2-4-9-20(18)24)27-14-10-16(11-15-27)22-25-12-5-13-26-22/h1-15,21H/q+1. The lowest BCUT2D eigenvalue weighted by molar-refractivity contribution is -0.704. The van der Waals surface area contributed by atoms with Gasteiger partial charge in [-0.15, -0.1) is 0 Å². The van der Waals surface area contributed by atoms with Gasteiger partial charge in [-0.25, -0.2) is 9.97 Å². The second-order valence-corrected chi connectivity index (χ2v) is 6.87. The van der Waals surface area contributed by atoms with Crippen LogP contribution in [0.15, 0.2) is 91.5 Å². The third kappa shape index (κ3) is 3.70. The molecule has 132 valence electrons. The van der Waals surface area contributed by atoms with Crippen LogP contribution in [0.2, 0.25) is 10.0 Å². The van der Waals surface area contributed by atoms with E-state index in [0.29, 0.717) is 15.9 Å². The first-order valence-electron chi connectivity index (χ1n) is 8.51. The van der Waals surface area contributed by atoms with Gasteiger partial charge >= 0.3 is 0 Å². The minimum Gasteiger partial charge on any atom is -0.237 e. The molecule has 27 heavy (non-hydrogen) atoms. The van der Waals surface area contributed by atoms with Crippen LogP contribution in [0.3, 0.4) is 0 Å². The van der Waals surface area contributed by atoms with E-state index in [-0.39, 0.29) is 6.04 Å². The summed E-state index contributed by atoms with van der Waals surface area (Å²) < 4.78 is 2.09. The summed E-state index contributed by atoms with van der Waals surface area (Å²) in [5.41, 5.74) is 2.92. The molecule has 0 fully saturated rings. The van der Waals surface area contributed by atoms with Gasteiger partial charge in [-0.3, -0.25) is 0 Å². The van der Waals surface area contributed by atoms with Crippen molar-refractivity contribution in [2.24, 2.45) is 0 Å². The van der Waals surface area contributed by atoms with Gasteiger partial charge in [0.05, 0.1) is 10.0 Å². The number of rotatable bonds is 4. The molecule has 5 heteroatoms. The fourth-order valence-electron chi connectivity index (χ4n) is 3.09. The van der Waals surface area contributed by atoms with Crippen LogP contribution in [0.4, 0.5) is 0 Å². The van der Waals surface area contributed by atoms with Gasteiger partial charge in [-0.2, -0.15) is 4.57 Å². The van der Waals surface area contributed by atoms with E-state index in [9.17, 15) is 0 Å². The van der Waals surface area contributed by atoms with E-state index < -0.39 is 0 Å². The van der Waals surface area contributed by atoms with Gasteiger partial charge in [0.2, 0.25) is 6.04 Å². The zero-order chi connectivity index (χ0) is 18.6. The molecule has 4 aromatic rings. The molecule has 0 aliphatic rings. The quantitative estimate of drug-likeness (QED) is 0.436. The van der Waals surface area contributed by atoms with Gasteiger partial charge in [0, 0.05) is 41.2 Å². The lowest BCUT2D eigenvalue weighted by Gasteiger charge is -2.16. The molecule has 2 heterocycles. The second kappa shape index (κ2) is 7.87. The normalized spacial score (nSPS) is 10.9. The van der Waals surface area contributed by atoms with Crippen LogP contribution in [-0.2, 0) is 0 Å². The number of hydrogen-bond donors (Lipinski definition) is 0. The van der Waals surface area contributed by atoms with Crippen molar-refractivity contribution in [3.8, 4) is 11.4 Å². The summed E-state index contributed by atoms with van der Waals surface area (Å²) in [5, 5.41) is 1.40. The van der Waals surface area contributed by atoms with Crippen LogP contribution >= 0.6 is 23.2 Å². The molecule has 0 aliphatic heterocycles. The van der Waals surface area contributed by atoms with E-state index in [0.717, 1.165) is 16.7 Å². The molecule has 4 rings (SSSR count). The Bertz CT molecular complexity index is 1000. The summed E-state index contributed by atoms with van der Waals surface area (Å²) in [7, 11) is 0. The lowest BCUT2D eigenvalue weighted by Crippen LogP contribution is -2.40. The summed E-state index contributed by atoms with van der Waals surface area (Å²) in [4.78, 5) is 8.61. The number of hydrogen-bond acceptors (Lipinski definition) is 2. The van der Waals surface area contributed by atoms with Crippen molar-refractivity contribution in [3.63, 3.8) is 0 Å². The molecule has 3 nitrogen and oxygen atoms in total. The lowest BCUT2D eigenvalue weighted by atomic mass is 9.98. The molecule has 0 spiro atoms. The Hall–Kier alpha value is -2.75. The first-order chi connectivity index (χ1) is 13.2. The average Bonchev–Trinajstić information content (AvgIpc) is 2.72. The van der Waals surface area contributed by atoms with Gasteiger partial charge < -0.3 is 0 Å². The summed E-state index contributed by atoms with van der Waals surface area (Å²) in [5.74, 6) is 0.691. The summed E-state index contributed by atoms with van der Waals surface area (Å²) >= 11 is 13.0. The Kier molecular flexibility index (Phi) is 5.14. The van der Waals surface area contributed by atoms with Crippen molar-refractivity contribution < 1.29 is 4.57 Å². The number of pyridine rings is 1. The predicted molar refractivity (Wildman–Crippen MR) is 108 cm³/mol. The molecule has 0 atom stereocenters. The Labute approximate surface area is 167 Å². The van der Waals surface area contributed by atoms with E-state index in [4.69, 9.17) is 23.2 Å². The summed E-state index contributed by atoms with van der Waals surface area (Å²) in [6, 6.07) is 21.3. The van der Waals surface area contributed by atoms with Crippen LogP contribution in [0.1, 0.15) is 17.2 Å². The maximum atomic E-state index is 6.52. The van der Waals surface area contributed by atoms with Crippen molar-refractivity contribution >= 4 is 23.2 Å². The molecular formula is C22H16Cl2N3+. The first kappa shape index (κ1) is 17.7. The Morgan fingerprint density at radius 1 is 0.667 bits per heavy atom. The van der Waals surface area contributed by atoms with Crippen molar-refractivity contribution in [2.45, 2.75) is 6.04 Å². The number of benzene rings is 2. The highest BCUT2D eigenvalue weighted by Crippen LogP contribution is 2.32. The molecule has 0 N–H and O–H groups in total. The molecule has 2 aromatic carbocycles. The Balaban J connectivity index is 1.82. The molecule has 0 radical (unpaired) electrons. The summed E-state index contributed by atoms with van der Waals surface area (Å²) in [6.45, 7) is 0. The van der Waals surface area contributed by atoms with Crippen LogP contribution in [0, 0.1) is 0 Å². The predicted octanol–water partition coefficient (Wildman–Crippen LogP) is 5.38. The van der Waals surface area contributed by atoms with Crippen molar-refractivity contribution in [1.82, 2.24) is 9.97 Å². The molecule has 0 saturated heterocycles. The SMILES string of the molecule is Clc1ccccc1C(c1ccccc1Cl)[n+]1ccc(-c2ncccn2)cc1. The Morgan fingerprint density at radius 2 is 1.19 bits per heavy atom. The van der Waals surface area contributed by atoms with E-state index in [1.807, 2.05) is 73.1 Å². The van der Waals surface area contributed by atoms with Gasteiger partial charge in [-0.05, 0) is 18.2 Å². The molecule has 0 bridgehead atoms. The van der Waals surface area contributed by atoms with Crippen LogP contribution in [0.5, 0.6) is 0 Å². The van der Waals surface area contributed by atoms with Gasteiger partial charge in [0.25, 0.3) is 0 Å². The van der Waals surface area contributed by atoms with Gasteiger partial charge in [-0.1, -0.05) is 59.6 Å². The molecule has 0 amide bonds. The maximum absolute atomic E-state index is 6.52. The third-order valence-electron chi connectivity index (χ3n) is 4.37. The number of aromatic nitrogens is 3. The monoisotopic (exact) mass is 392 g/mol. The molecule has 2 aromatic heterocycles. The third-order valence-corrected chi connectivity index (χ3v) is 5.06. The zero-order valence-corrected chi connectivity index (χ0v) is 15.8. The van der Waals surface area contributed by atoms with E-state index in [1.165, 1.54) is 0 Å². The summed E-state index contributed by atoms with van der Waals surface area (Å²) in [6.07, 6.45) is 7.48. The van der Waals surface area contributed by atoms with Gasteiger partial charge in [0.15, 0.2) is 18.2 Å². The smallest absolute Gasteiger partial charge is 0.211 e. The highest BCUT2D eigenvalue weighted by molar-refractivity contribution is 6.32. The van der Waals surface area contributed by atoms with E-state index in [2.05, 4.69) is 14.5 Å². The number of nitrogens with zero attached hydrogens (tertiary/aromatic N) is 3. The van der Waals surface area contributed by atoms with E-state index >= 15 is 0 Å². The molecule has 0 saturated carbocycles. The highest BCUT2D eigenvalue weighted by atomic mass is 35.5. The molecule has 0 unspecified atom stereocenters. The minimum atomic E-state index is -0.141. The fourth-order valence-corrected chi connectivity index (χ4v) is 3.57. The largest absolute Gasteiger partial charge is 0.237 e. The van der Waals surface area contributed by atoms with E-state index in [1.54, 1.807) is 18.5 Å². The molecular weight excluding hydrogens is 377 g/mol. The van der Waals surface area contributed by atoms with Crippen molar-refractivity contribution in [3.05, 3.63) is 113 Å². The Morgan fingerprint density at radius 3 is 1.70 bits per heavy atom. The zero-order valence-electron chi connectivity index (χ0n) is 14.3. The van der Waals surface area contributed by atoms with Crippen LogP contribution in [-0.4, -0.2) is 9.97 Å². The van der Waals surface area contributed by atoms with Crippen LogP contribution in [0.25, 0.3) is 11.4 Å². The van der Waals surface area contributed by atoms with Crippen LogP contribution < -0.4 is 4.57 Å².